The minimum atomic E-state index is 0.441. The lowest BCUT2D eigenvalue weighted by molar-refractivity contribution is 0.399. The molecule has 0 spiro atoms. The number of imidazole rings is 1. The van der Waals surface area contributed by atoms with E-state index in [-0.39, 0.29) is 0 Å². The van der Waals surface area contributed by atoms with E-state index in [2.05, 4.69) is 55.4 Å². The molecule has 2 unspecified atom stereocenters. The van der Waals surface area contributed by atoms with Crippen LogP contribution < -0.4 is 0 Å². The van der Waals surface area contributed by atoms with E-state index in [1.165, 1.54) is 23.9 Å². The Morgan fingerprint density at radius 1 is 1.32 bits per heavy atom. The van der Waals surface area contributed by atoms with Crippen LogP contribution in [0.4, 0.5) is 0 Å². The van der Waals surface area contributed by atoms with Gasteiger partial charge in [-0.1, -0.05) is 26.3 Å². The summed E-state index contributed by atoms with van der Waals surface area (Å²) in [5, 5.41) is 0. The van der Waals surface area contributed by atoms with E-state index in [0.29, 0.717) is 11.9 Å². The van der Waals surface area contributed by atoms with Gasteiger partial charge in [0.15, 0.2) is 0 Å². The van der Waals surface area contributed by atoms with Gasteiger partial charge in [0.2, 0.25) is 0 Å². The molecule has 0 saturated carbocycles. The molecule has 1 heterocycles. The Bertz CT molecular complexity index is 559. The summed E-state index contributed by atoms with van der Waals surface area (Å²) in [6, 6.07) is 6.89. The molecular formula is C16H23ClN2. The first-order chi connectivity index (χ1) is 9.06. The van der Waals surface area contributed by atoms with Gasteiger partial charge in [0, 0.05) is 6.04 Å². The van der Waals surface area contributed by atoms with E-state index in [0.717, 1.165) is 17.3 Å². The highest BCUT2D eigenvalue weighted by atomic mass is 35.5. The van der Waals surface area contributed by atoms with Crippen molar-refractivity contribution in [3.8, 4) is 0 Å². The highest BCUT2D eigenvalue weighted by molar-refractivity contribution is 6.16. The molecule has 0 aliphatic rings. The molecule has 1 aromatic heterocycles. The number of rotatable bonds is 5. The predicted octanol–water partition coefficient (Wildman–Crippen LogP) is 5.08. The van der Waals surface area contributed by atoms with E-state index < -0.39 is 0 Å². The molecule has 0 amide bonds. The number of hydrogen-bond donors (Lipinski definition) is 0. The normalized spacial score (nSPS) is 14.8. The highest BCUT2D eigenvalue weighted by Crippen LogP contribution is 2.27. The van der Waals surface area contributed by atoms with Crippen LogP contribution in [0.2, 0.25) is 0 Å². The first kappa shape index (κ1) is 14.4. The van der Waals surface area contributed by atoms with Crippen LogP contribution in [0.5, 0.6) is 0 Å². The zero-order valence-electron chi connectivity index (χ0n) is 12.3. The molecule has 2 rings (SSSR count). The van der Waals surface area contributed by atoms with E-state index in [1.807, 2.05) is 0 Å². The van der Waals surface area contributed by atoms with Gasteiger partial charge in [0.1, 0.15) is 5.82 Å². The van der Waals surface area contributed by atoms with Gasteiger partial charge in [0.05, 0.1) is 16.9 Å². The number of aromatic nitrogens is 2. The van der Waals surface area contributed by atoms with Crippen molar-refractivity contribution < 1.29 is 0 Å². The van der Waals surface area contributed by atoms with Crippen molar-refractivity contribution in [1.82, 2.24) is 9.55 Å². The van der Waals surface area contributed by atoms with Gasteiger partial charge in [-0.2, -0.15) is 0 Å². The summed E-state index contributed by atoms with van der Waals surface area (Å²) < 4.78 is 2.31. The third-order valence-electron chi connectivity index (χ3n) is 3.92. The molecule has 19 heavy (non-hydrogen) atoms. The van der Waals surface area contributed by atoms with Gasteiger partial charge in [-0.25, -0.2) is 4.98 Å². The summed E-state index contributed by atoms with van der Waals surface area (Å²) in [7, 11) is 0. The van der Waals surface area contributed by atoms with Crippen molar-refractivity contribution in [1.29, 1.82) is 0 Å². The van der Waals surface area contributed by atoms with E-state index in [4.69, 9.17) is 11.6 Å². The molecule has 1 aromatic carbocycles. The molecule has 0 N–H and O–H groups in total. The smallest absolute Gasteiger partial charge is 0.125 e. The van der Waals surface area contributed by atoms with Crippen molar-refractivity contribution in [3.05, 3.63) is 29.6 Å². The molecule has 0 aliphatic carbocycles. The molecule has 0 aliphatic heterocycles. The maximum absolute atomic E-state index is 6.07. The van der Waals surface area contributed by atoms with Gasteiger partial charge in [-0.3, -0.25) is 0 Å². The zero-order valence-corrected chi connectivity index (χ0v) is 13.0. The summed E-state index contributed by atoms with van der Waals surface area (Å²) >= 11 is 6.07. The van der Waals surface area contributed by atoms with Crippen LogP contribution in [0, 0.1) is 12.8 Å². The van der Waals surface area contributed by atoms with E-state index in [9.17, 15) is 0 Å². The topological polar surface area (TPSA) is 17.8 Å². The monoisotopic (exact) mass is 278 g/mol. The van der Waals surface area contributed by atoms with Gasteiger partial charge in [-0.15, -0.1) is 11.6 Å². The third kappa shape index (κ3) is 2.94. The van der Waals surface area contributed by atoms with Crippen LogP contribution in [-0.2, 0) is 5.88 Å². The Hall–Kier alpha value is -1.02. The van der Waals surface area contributed by atoms with E-state index >= 15 is 0 Å². The van der Waals surface area contributed by atoms with Gasteiger partial charge in [-0.05, 0) is 43.9 Å². The fourth-order valence-corrected chi connectivity index (χ4v) is 2.89. The second-order valence-electron chi connectivity index (χ2n) is 5.62. The molecule has 2 atom stereocenters. The van der Waals surface area contributed by atoms with Crippen LogP contribution in [0.15, 0.2) is 18.2 Å². The number of benzene rings is 1. The van der Waals surface area contributed by atoms with Gasteiger partial charge < -0.3 is 4.57 Å². The lowest BCUT2D eigenvalue weighted by atomic mass is 10.00. The number of hydrogen-bond acceptors (Lipinski definition) is 1. The molecule has 0 radical (unpaired) electrons. The van der Waals surface area contributed by atoms with Crippen molar-refractivity contribution in [2.45, 2.75) is 52.5 Å². The Balaban J connectivity index is 2.45. The largest absolute Gasteiger partial charge is 0.324 e. The van der Waals surface area contributed by atoms with Crippen LogP contribution in [0.1, 0.15) is 51.0 Å². The number of halogens is 1. The minimum Gasteiger partial charge on any atom is -0.324 e. The van der Waals surface area contributed by atoms with Crippen LogP contribution in [-0.4, -0.2) is 9.55 Å². The first-order valence-electron chi connectivity index (χ1n) is 7.10. The number of fused-ring (bicyclic) bond motifs is 1. The van der Waals surface area contributed by atoms with Crippen LogP contribution in [0.3, 0.4) is 0 Å². The Morgan fingerprint density at radius 3 is 2.68 bits per heavy atom. The van der Waals surface area contributed by atoms with Crippen molar-refractivity contribution in [3.63, 3.8) is 0 Å². The zero-order chi connectivity index (χ0) is 14.0. The number of nitrogens with zero attached hydrogens (tertiary/aromatic N) is 2. The minimum absolute atomic E-state index is 0.441. The fraction of sp³-hybridized carbons (Fsp3) is 0.562. The predicted molar refractivity (Wildman–Crippen MR) is 82.8 cm³/mol. The van der Waals surface area contributed by atoms with Crippen LogP contribution in [0.25, 0.3) is 11.0 Å². The lowest BCUT2D eigenvalue weighted by Crippen LogP contribution is -2.11. The molecule has 104 valence electrons. The van der Waals surface area contributed by atoms with Crippen molar-refractivity contribution >= 4 is 22.6 Å². The summed E-state index contributed by atoms with van der Waals surface area (Å²) in [5.74, 6) is 2.18. The standard InChI is InChI=1S/C16H23ClN2/c1-5-11(2)8-13(4)19-15-7-6-12(3)9-14(15)18-16(19)10-17/h6-7,9,11,13H,5,8,10H2,1-4H3. The number of alkyl halides is 1. The molecule has 2 nitrogen and oxygen atoms in total. The summed E-state index contributed by atoms with van der Waals surface area (Å²) in [6.45, 7) is 8.92. The Kier molecular flexibility index (Phi) is 4.51. The lowest BCUT2D eigenvalue weighted by Gasteiger charge is -2.20. The fourth-order valence-electron chi connectivity index (χ4n) is 2.70. The molecule has 0 fully saturated rings. The van der Waals surface area contributed by atoms with Crippen molar-refractivity contribution in [2.24, 2.45) is 5.92 Å². The molecule has 0 bridgehead atoms. The van der Waals surface area contributed by atoms with Gasteiger partial charge >= 0.3 is 0 Å². The first-order valence-corrected chi connectivity index (χ1v) is 7.63. The van der Waals surface area contributed by atoms with Crippen LogP contribution >= 0.6 is 11.6 Å². The third-order valence-corrected chi connectivity index (χ3v) is 4.16. The summed E-state index contributed by atoms with van der Waals surface area (Å²) in [6.07, 6.45) is 2.38. The average Bonchev–Trinajstić information content (AvgIpc) is 2.75. The second-order valence-corrected chi connectivity index (χ2v) is 5.89. The summed E-state index contributed by atoms with van der Waals surface area (Å²) in [4.78, 5) is 4.68. The number of aryl methyl sites for hydroxylation is 1. The highest BCUT2D eigenvalue weighted by Gasteiger charge is 2.16. The molecular weight excluding hydrogens is 256 g/mol. The second kappa shape index (κ2) is 5.96. The van der Waals surface area contributed by atoms with E-state index in [1.54, 1.807) is 0 Å². The maximum Gasteiger partial charge on any atom is 0.125 e. The maximum atomic E-state index is 6.07. The molecule has 2 aromatic rings. The van der Waals surface area contributed by atoms with Crippen molar-refractivity contribution in [2.75, 3.05) is 0 Å². The summed E-state index contributed by atoms with van der Waals surface area (Å²) in [5.41, 5.74) is 3.51. The Labute approximate surface area is 120 Å². The molecule has 0 saturated heterocycles. The quantitative estimate of drug-likeness (QED) is 0.697. The van der Waals surface area contributed by atoms with Gasteiger partial charge in [0.25, 0.3) is 0 Å². The average molecular weight is 279 g/mol. The molecule has 3 heteroatoms. The SMILES string of the molecule is CCC(C)CC(C)n1c(CCl)nc2cc(C)ccc21. The Morgan fingerprint density at radius 2 is 2.05 bits per heavy atom.